The van der Waals surface area contributed by atoms with Gasteiger partial charge in [-0.2, -0.15) is 0 Å². The van der Waals surface area contributed by atoms with Crippen LogP contribution in [0.2, 0.25) is 0 Å². The number of halogens is 1. The first-order valence-corrected chi connectivity index (χ1v) is 5.27. The normalized spacial score (nSPS) is 12.5. The Hall–Kier alpha value is -0.470. The smallest absolute Gasteiger partial charge is 0.211 e. The Morgan fingerprint density at radius 1 is 1.38 bits per heavy atom. The van der Waals surface area contributed by atoms with Crippen molar-refractivity contribution < 1.29 is 4.79 Å². The van der Waals surface area contributed by atoms with Crippen LogP contribution in [0.3, 0.4) is 0 Å². The van der Waals surface area contributed by atoms with E-state index in [2.05, 4.69) is 0 Å². The van der Waals surface area contributed by atoms with Crippen LogP contribution in [0.25, 0.3) is 0 Å². The zero-order valence-electron chi connectivity index (χ0n) is 7.58. The van der Waals surface area contributed by atoms with Crippen molar-refractivity contribution in [1.29, 1.82) is 0 Å². The fraction of sp³-hybridized carbons (Fsp3) is 0.300. The maximum atomic E-state index is 11.2. The first-order chi connectivity index (χ1) is 6.09. The number of thioether (sulfide) groups is 1. The van der Waals surface area contributed by atoms with Crippen LogP contribution in [0.4, 0.5) is 0 Å². The Balaban J connectivity index is 2.65. The number of rotatable bonds is 2. The summed E-state index contributed by atoms with van der Waals surface area (Å²) in [5.74, 6) is 0. The summed E-state index contributed by atoms with van der Waals surface area (Å²) in [7, 11) is 0. The molecular weight excluding hydrogens is 204 g/mol. The lowest BCUT2D eigenvalue weighted by molar-refractivity contribution is -0.110. The lowest BCUT2D eigenvalue weighted by Crippen LogP contribution is -2.04. The molecule has 0 aliphatic heterocycles. The zero-order chi connectivity index (χ0) is 9.84. The molecular formula is C10H11ClOS. The number of carbonyl (C=O) groups excluding carboxylic acids is 1. The number of carbonyl (C=O) groups is 1. The molecule has 3 heteroatoms. The Morgan fingerprint density at radius 3 is 2.38 bits per heavy atom. The predicted octanol–water partition coefficient (Wildman–Crippen LogP) is 3.24. The molecule has 0 bridgehead atoms. The van der Waals surface area contributed by atoms with Crippen molar-refractivity contribution in [2.45, 2.75) is 24.1 Å². The maximum Gasteiger partial charge on any atom is 0.211 e. The molecule has 0 N–H and O–H groups in total. The second-order valence-corrected chi connectivity index (χ2v) is 4.58. The first-order valence-electron chi connectivity index (χ1n) is 4.02. The lowest BCUT2D eigenvalue weighted by Gasteiger charge is -2.01. The molecule has 70 valence electrons. The Morgan fingerprint density at radius 2 is 1.92 bits per heavy atom. The van der Waals surface area contributed by atoms with Gasteiger partial charge in [-0.25, -0.2) is 0 Å². The molecule has 0 fully saturated rings. The van der Waals surface area contributed by atoms with E-state index in [-0.39, 0.29) is 5.12 Å². The van der Waals surface area contributed by atoms with Crippen molar-refractivity contribution in [2.24, 2.45) is 0 Å². The van der Waals surface area contributed by atoms with E-state index in [0.29, 0.717) is 0 Å². The second kappa shape index (κ2) is 4.68. The van der Waals surface area contributed by atoms with Crippen molar-refractivity contribution in [2.75, 3.05) is 0 Å². The third-order valence-electron chi connectivity index (χ3n) is 1.56. The topological polar surface area (TPSA) is 17.1 Å². The van der Waals surface area contributed by atoms with Crippen LogP contribution in [-0.4, -0.2) is 10.5 Å². The summed E-state index contributed by atoms with van der Waals surface area (Å²) in [6.45, 7) is 3.70. The summed E-state index contributed by atoms with van der Waals surface area (Å²) < 4.78 is 0. The molecule has 0 aromatic heterocycles. The molecule has 1 aromatic carbocycles. The molecule has 0 heterocycles. The average molecular weight is 215 g/mol. The predicted molar refractivity (Wildman–Crippen MR) is 57.4 cm³/mol. The van der Waals surface area contributed by atoms with Crippen LogP contribution in [0, 0.1) is 6.92 Å². The third-order valence-corrected chi connectivity index (χ3v) is 2.95. The number of alkyl halides is 1. The molecule has 0 radical (unpaired) electrons. The monoisotopic (exact) mass is 214 g/mol. The summed E-state index contributed by atoms with van der Waals surface area (Å²) in [6.07, 6.45) is 0. The molecule has 1 rings (SSSR count). The van der Waals surface area contributed by atoms with Gasteiger partial charge < -0.3 is 0 Å². The highest BCUT2D eigenvalue weighted by atomic mass is 35.5. The third kappa shape index (κ3) is 3.41. The minimum absolute atomic E-state index is 0.00878. The standard InChI is InChI=1S/C10H11ClOS/c1-7-3-5-9(6-4-7)13-10(12)8(2)11/h3-6,8H,1-2H3. The van der Waals surface area contributed by atoms with Gasteiger partial charge in [-0.15, -0.1) is 11.6 Å². The summed E-state index contributed by atoms with van der Waals surface area (Å²) in [6, 6.07) is 7.82. The molecule has 0 spiro atoms. The molecule has 0 saturated carbocycles. The number of hydrogen-bond acceptors (Lipinski definition) is 2. The Labute approximate surface area is 87.5 Å². The SMILES string of the molecule is Cc1ccc(SC(=O)C(C)Cl)cc1. The average Bonchev–Trinajstić information content (AvgIpc) is 2.08. The van der Waals surface area contributed by atoms with Gasteiger partial charge in [0.15, 0.2) is 0 Å². The van der Waals surface area contributed by atoms with Gasteiger partial charge in [0.05, 0.1) is 5.38 Å². The van der Waals surface area contributed by atoms with E-state index in [4.69, 9.17) is 11.6 Å². The molecule has 0 aliphatic rings. The van der Waals surface area contributed by atoms with Crippen molar-refractivity contribution in [3.05, 3.63) is 29.8 Å². The summed E-state index contributed by atoms with van der Waals surface area (Å²) in [5, 5.41) is -0.433. The zero-order valence-corrected chi connectivity index (χ0v) is 9.15. The molecule has 1 aromatic rings. The van der Waals surface area contributed by atoms with E-state index in [9.17, 15) is 4.79 Å². The molecule has 13 heavy (non-hydrogen) atoms. The van der Waals surface area contributed by atoms with Gasteiger partial charge in [-0.1, -0.05) is 29.5 Å². The first kappa shape index (κ1) is 10.6. The fourth-order valence-corrected chi connectivity index (χ4v) is 1.60. The Bertz CT molecular complexity index is 292. The molecule has 0 amide bonds. The highest BCUT2D eigenvalue weighted by Gasteiger charge is 2.10. The van der Waals surface area contributed by atoms with Crippen LogP contribution >= 0.6 is 23.4 Å². The van der Waals surface area contributed by atoms with E-state index in [1.54, 1.807) is 6.92 Å². The quantitative estimate of drug-likeness (QED) is 0.556. The van der Waals surface area contributed by atoms with Gasteiger partial charge in [0.1, 0.15) is 0 Å². The van der Waals surface area contributed by atoms with Crippen LogP contribution in [0.1, 0.15) is 12.5 Å². The van der Waals surface area contributed by atoms with Crippen LogP contribution in [0.5, 0.6) is 0 Å². The van der Waals surface area contributed by atoms with E-state index < -0.39 is 5.38 Å². The van der Waals surface area contributed by atoms with Gasteiger partial charge in [0.25, 0.3) is 0 Å². The van der Waals surface area contributed by atoms with Crippen molar-refractivity contribution in [3.63, 3.8) is 0 Å². The van der Waals surface area contributed by atoms with Crippen LogP contribution in [0.15, 0.2) is 29.2 Å². The van der Waals surface area contributed by atoms with Gasteiger partial charge in [0.2, 0.25) is 5.12 Å². The molecule has 0 aliphatic carbocycles. The molecule has 1 unspecified atom stereocenters. The van der Waals surface area contributed by atoms with E-state index in [1.165, 1.54) is 17.3 Å². The Kier molecular flexibility index (Phi) is 3.82. The summed E-state index contributed by atoms with van der Waals surface area (Å²) in [4.78, 5) is 12.2. The molecule has 0 saturated heterocycles. The van der Waals surface area contributed by atoms with Crippen molar-refractivity contribution >= 4 is 28.5 Å². The fourth-order valence-electron chi connectivity index (χ4n) is 0.804. The van der Waals surface area contributed by atoms with Crippen LogP contribution in [-0.2, 0) is 4.79 Å². The largest absolute Gasteiger partial charge is 0.285 e. The highest BCUT2D eigenvalue weighted by molar-refractivity contribution is 8.13. The van der Waals surface area contributed by atoms with Crippen LogP contribution < -0.4 is 0 Å². The van der Waals surface area contributed by atoms with Gasteiger partial charge >= 0.3 is 0 Å². The van der Waals surface area contributed by atoms with Gasteiger partial charge in [-0.3, -0.25) is 4.79 Å². The number of aryl methyl sites for hydroxylation is 1. The number of benzene rings is 1. The van der Waals surface area contributed by atoms with Crippen molar-refractivity contribution in [1.82, 2.24) is 0 Å². The van der Waals surface area contributed by atoms with E-state index >= 15 is 0 Å². The van der Waals surface area contributed by atoms with Gasteiger partial charge in [-0.05, 0) is 26.0 Å². The summed E-state index contributed by atoms with van der Waals surface area (Å²) >= 11 is 6.83. The summed E-state index contributed by atoms with van der Waals surface area (Å²) in [5.41, 5.74) is 1.19. The molecule has 1 atom stereocenters. The minimum Gasteiger partial charge on any atom is -0.285 e. The van der Waals surface area contributed by atoms with E-state index in [0.717, 1.165) is 4.90 Å². The van der Waals surface area contributed by atoms with Gasteiger partial charge in [0, 0.05) is 4.90 Å². The highest BCUT2D eigenvalue weighted by Crippen LogP contribution is 2.21. The lowest BCUT2D eigenvalue weighted by atomic mass is 10.2. The number of hydrogen-bond donors (Lipinski definition) is 0. The maximum absolute atomic E-state index is 11.2. The molecule has 1 nitrogen and oxygen atoms in total. The van der Waals surface area contributed by atoms with E-state index in [1.807, 2.05) is 31.2 Å². The van der Waals surface area contributed by atoms with Crippen molar-refractivity contribution in [3.8, 4) is 0 Å². The minimum atomic E-state index is -0.425. The second-order valence-electron chi connectivity index (χ2n) is 2.85.